The molecule has 4 N–H and O–H groups in total. The molecule has 1 aliphatic carbocycles. The van der Waals surface area contributed by atoms with Gasteiger partial charge in [0.1, 0.15) is 0 Å². The van der Waals surface area contributed by atoms with Gasteiger partial charge in [0.15, 0.2) is 0 Å². The van der Waals surface area contributed by atoms with E-state index in [1.165, 1.54) is 6.07 Å². The number of hydrogen-bond acceptors (Lipinski definition) is 3. The molecular formula is C9H13ClN2O2S. The summed E-state index contributed by atoms with van der Waals surface area (Å²) in [5, 5.41) is 5.03. The summed E-state index contributed by atoms with van der Waals surface area (Å²) in [6, 6.07) is 4.93. The van der Waals surface area contributed by atoms with Crippen molar-refractivity contribution in [3.8, 4) is 0 Å². The van der Waals surface area contributed by atoms with Gasteiger partial charge in [-0.3, -0.25) is 0 Å². The molecule has 0 aromatic heterocycles. The third kappa shape index (κ3) is 2.31. The molecule has 0 saturated carbocycles. The summed E-state index contributed by atoms with van der Waals surface area (Å²) in [5.74, 6) is 0. The Morgan fingerprint density at radius 3 is 2.60 bits per heavy atom. The minimum atomic E-state index is -3.58. The van der Waals surface area contributed by atoms with Crippen LogP contribution in [0.15, 0.2) is 23.1 Å². The fourth-order valence-corrected chi connectivity index (χ4v) is 2.37. The van der Waals surface area contributed by atoms with Crippen molar-refractivity contribution >= 4 is 22.4 Å². The molecule has 0 aliphatic heterocycles. The number of primary sulfonamides is 1. The molecule has 4 nitrogen and oxygen atoms in total. The number of hydrogen-bond donors (Lipinski definition) is 2. The van der Waals surface area contributed by atoms with Crippen LogP contribution in [0.2, 0.25) is 0 Å². The molecule has 2 rings (SSSR count). The first-order valence-electron chi connectivity index (χ1n) is 4.40. The van der Waals surface area contributed by atoms with Crippen molar-refractivity contribution in [1.29, 1.82) is 0 Å². The van der Waals surface area contributed by atoms with Crippen LogP contribution in [-0.4, -0.2) is 8.42 Å². The summed E-state index contributed by atoms with van der Waals surface area (Å²) in [5.41, 5.74) is 7.87. The number of rotatable bonds is 1. The Bertz CT molecular complexity index is 473. The van der Waals surface area contributed by atoms with E-state index in [9.17, 15) is 8.42 Å². The van der Waals surface area contributed by atoms with Crippen LogP contribution in [0.1, 0.15) is 23.6 Å². The van der Waals surface area contributed by atoms with E-state index in [-0.39, 0.29) is 23.3 Å². The molecule has 0 spiro atoms. The highest BCUT2D eigenvalue weighted by atomic mass is 35.5. The SMILES string of the molecule is Cl.NC1CCc2cc(S(N)(=O)=O)ccc21. The van der Waals surface area contributed by atoms with Crippen LogP contribution in [0.3, 0.4) is 0 Å². The van der Waals surface area contributed by atoms with Crippen LogP contribution in [-0.2, 0) is 16.4 Å². The Kier molecular flexibility index (Phi) is 3.40. The van der Waals surface area contributed by atoms with E-state index in [0.717, 1.165) is 24.0 Å². The minimum Gasteiger partial charge on any atom is -0.324 e. The standard InChI is InChI=1S/C9H12N2O2S.ClH/c10-9-4-1-6-5-7(14(11,12)13)2-3-8(6)9;/h2-3,5,9H,1,4,10H2,(H2,11,12,13);1H. The molecule has 0 amide bonds. The fourth-order valence-electron chi connectivity index (χ4n) is 1.80. The van der Waals surface area contributed by atoms with Crippen molar-refractivity contribution in [2.24, 2.45) is 10.9 Å². The second kappa shape index (κ2) is 4.09. The zero-order chi connectivity index (χ0) is 10.3. The molecule has 0 bridgehead atoms. The van der Waals surface area contributed by atoms with E-state index in [0.29, 0.717) is 0 Å². The van der Waals surface area contributed by atoms with Crippen molar-refractivity contribution in [2.45, 2.75) is 23.8 Å². The summed E-state index contributed by atoms with van der Waals surface area (Å²) in [6.45, 7) is 0. The quantitative estimate of drug-likeness (QED) is 0.767. The Morgan fingerprint density at radius 2 is 2.00 bits per heavy atom. The Balaban J connectivity index is 0.00000112. The maximum absolute atomic E-state index is 11.1. The lowest BCUT2D eigenvalue weighted by molar-refractivity contribution is 0.597. The van der Waals surface area contributed by atoms with Gasteiger partial charge in [-0.1, -0.05) is 6.07 Å². The lowest BCUT2D eigenvalue weighted by Gasteiger charge is -2.05. The Morgan fingerprint density at radius 1 is 1.33 bits per heavy atom. The second-order valence-electron chi connectivity index (χ2n) is 3.55. The summed E-state index contributed by atoms with van der Waals surface area (Å²) in [6.07, 6.45) is 1.71. The van der Waals surface area contributed by atoms with E-state index in [1.807, 2.05) is 0 Å². The summed E-state index contributed by atoms with van der Waals surface area (Å²) >= 11 is 0. The fraction of sp³-hybridized carbons (Fsp3) is 0.333. The van der Waals surface area contributed by atoms with Crippen LogP contribution in [0.5, 0.6) is 0 Å². The molecule has 1 unspecified atom stereocenters. The molecule has 1 atom stereocenters. The molecule has 84 valence electrons. The molecule has 6 heteroatoms. The molecule has 0 saturated heterocycles. The Hall–Kier alpha value is -0.620. The monoisotopic (exact) mass is 248 g/mol. The molecule has 0 radical (unpaired) electrons. The molecular weight excluding hydrogens is 236 g/mol. The van der Waals surface area contributed by atoms with E-state index in [1.54, 1.807) is 12.1 Å². The first-order valence-corrected chi connectivity index (χ1v) is 5.94. The van der Waals surface area contributed by atoms with Gasteiger partial charge < -0.3 is 5.73 Å². The highest BCUT2D eigenvalue weighted by Crippen LogP contribution is 2.30. The predicted molar refractivity (Wildman–Crippen MR) is 60.3 cm³/mol. The first-order chi connectivity index (χ1) is 6.48. The number of nitrogens with two attached hydrogens (primary N) is 2. The molecule has 15 heavy (non-hydrogen) atoms. The van der Waals surface area contributed by atoms with Gasteiger partial charge in [0, 0.05) is 6.04 Å². The predicted octanol–water partition coefficient (Wildman–Crippen LogP) is 0.702. The molecule has 1 aliphatic rings. The lowest BCUT2D eigenvalue weighted by atomic mass is 10.1. The highest BCUT2D eigenvalue weighted by Gasteiger charge is 2.20. The molecule has 1 aromatic rings. The van der Waals surface area contributed by atoms with Gasteiger partial charge in [-0.15, -0.1) is 12.4 Å². The van der Waals surface area contributed by atoms with E-state index < -0.39 is 10.0 Å². The molecule has 0 fully saturated rings. The summed E-state index contributed by atoms with van der Waals surface area (Å²) < 4.78 is 22.1. The third-order valence-electron chi connectivity index (χ3n) is 2.57. The third-order valence-corrected chi connectivity index (χ3v) is 3.48. The largest absolute Gasteiger partial charge is 0.324 e. The summed E-state index contributed by atoms with van der Waals surface area (Å²) in [4.78, 5) is 0.172. The maximum atomic E-state index is 11.1. The van der Waals surface area contributed by atoms with Crippen LogP contribution >= 0.6 is 12.4 Å². The van der Waals surface area contributed by atoms with Crippen LogP contribution < -0.4 is 10.9 Å². The Labute approximate surface area is 95.1 Å². The van der Waals surface area contributed by atoms with Gasteiger partial charge in [0.05, 0.1) is 4.90 Å². The van der Waals surface area contributed by atoms with Gasteiger partial charge in [-0.05, 0) is 36.1 Å². The van der Waals surface area contributed by atoms with Crippen molar-refractivity contribution in [1.82, 2.24) is 0 Å². The van der Waals surface area contributed by atoms with Crippen molar-refractivity contribution in [2.75, 3.05) is 0 Å². The number of sulfonamides is 1. The average molecular weight is 249 g/mol. The van der Waals surface area contributed by atoms with Gasteiger partial charge in [-0.25, -0.2) is 13.6 Å². The van der Waals surface area contributed by atoms with Crippen molar-refractivity contribution < 1.29 is 8.42 Å². The van der Waals surface area contributed by atoms with E-state index in [4.69, 9.17) is 10.9 Å². The van der Waals surface area contributed by atoms with Crippen LogP contribution in [0, 0.1) is 0 Å². The second-order valence-corrected chi connectivity index (χ2v) is 5.11. The first kappa shape index (κ1) is 12.4. The average Bonchev–Trinajstić information content (AvgIpc) is 2.46. The molecule has 1 aromatic carbocycles. The summed E-state index contributed by atoms with van der Waals surface area (Å²) in [7, 11) is -3.58. The normalized spacial score (nSPS) is 19.5. The maximum Gasteiger partial charge on any atom is 0.238 e. The lowest BCUT2D eigenvalue weighted by Crippen LogP contribution is -2.12. The van der Waals surface area contributed by atoms with Gasteiger partial charge in [-0.2, -0.15) is 0 Å². The zero-order valence-electron chi connectivity index (χ0n) is 8.01. The topological polar surface area (TPSA) is 86.2 Å². The number of fused-ring (bicyclic) bond motifs is 1. The molecule has 0 heterocycles. The number of benzene rings is 1. The number of aryl methyl sites for hydroxylation is 1. The van der Waals surface area contributed by atoms with E-state index in [2.05, 4.69) is 0 Å². The van der Waals surface area contributed by atoms with Gasteiger partial charge in [0.2, 0.25) is 10.0 Å². The highest BCUT2D eigenvalue weighted by molar-refractivity contribution is 7.89. The smallest absolute Gasteiger partial charge is 0.238 e. The van der Waals surface area contributed by atoms with Crippen LogP contribution in [0.25, 0.3) is 0 Å². The number of halogens is 1. The van der Waals surface area contributed by atoms with Crippen LogP contribution in [0.4, 0.5) is 0 Å². The van der Waals surface area contributed by atoms with Crippen molar-refractivity contribution in [3.05, 3.63) is 29.3 Å². The van der Waals surface area contributed by atoms with E-state index >= 15 is 0 Å². The minimum absolute atomic E-state index is 0. The van der Waals surface area contributed by atoms with Crippen molar-refractivity contribution in [3.63, 3.8) is 0 Å². The van der Waals surface area contributed by atoms with Gasteiger partial charge in [0.25, 0.3) is 0 Å². The van der Waals surface area contributed by atoms with Gasteiger partial charge >= 0.3 is 0 Å². The zero-order valence-corrected chi connectivity index (χ0v) is 9.64.